The second kappa shape index (κ2) is 11.8. The molecule has 0 aliphatic heterocycles. The van der Waals surface area contributed by atoms with E-state index in [1.54, 1.807) is 19.7 Å². The zero-order valence-electron chi connectivity index (χ0n) is 14.4. The first kappa shape index (κ1) is 20.4. The smallest absolute Gasteiger partial charge is 0.191 e. The topological polar surface area (TPSA) is 67.1 Å². The number of aromatic nitrogens is 3. The SMILES string of the molecule is CCc1ccccc1CNC(=NC)NCCCCn1cnnc1.I. The summed E-state index contributed by atoms with van der Waals surface area (Å²) in [5.74, 6) is 0.847. The maximum atomic E-state index is 4.28. The van der Waals surface area contributed by atoms with Crippen molar-refractivity contribution in [3.63, 3.8) is 0 Å². The lowest BCUT2D eigenvalue weighted by Crippen LogP contribution is -2.37. The van der Waals surface area contributed by atoms with Crippen molar-refractivity contribution >= 4 is 29.9 Å². The van der Waals surface area contributed by atoms with E-state index in [2.05, 4.69) is 57.0 Å². The molecule has 2 aromatic rings. The van der Waals surface area contributed by atoms with Crippen LogP contribution in [-0.2, 0) is 19.5 Å². The van der Waals surface area contributed by atoms with E-state index in [0.717, 1.165) is 44.9 Å². The summed E-state index contributed by atoms with van der Waals surface area (Å²) in [7, 11) is 1.80. The van der Waals surface area contributed by atoms with Gasteiger partial charge in [-0.05, 0) is 30.4 Å². The van der Waals surface area contributed by atoms with Crippen molar-refractivity contribution < 1.29 is 0 Å². The predicted molar refractivity (Wildman–Crippen MR) is 109 cm³/mol. The van der Waals surface area contributed by atoms with E-state index in [1.807, 2.05) is 4.57 Å². The van der Waals surface area contributed by atoms with Crippen LogP contribution in [0.4, 0.5) is 0 Å². The third-order valence-electron chi connectivity index (χ3n) is 3.77. The van der Waals surface area contributed by atoms with Gasteiger partial charge in [-0.2, -0.15) is 0 Å². The molecule has 2 N–H and O–H groups in total. The number of hydrogen-bond donors (Lipinski definition) is 2. The average Bonchev–Trinajstić information content (AvgIpc) is 3.11. The molecule has 2 rings (SSSR count). The van der Waals surface area contributed by atoms with Gasteiger partial charge in [0.05, 0.1) is 0 Å². The second-order valence-electron chi connectivity index (χ2n) is 5.38. The van der Waals surface area contributed by atoms with Crippen molar-refractivity contribution in [3.8, 4) is 0 Å². The Bertz CT molecular complexity index is 597. The Kier molecular flexibility index (Phi) is 10.1. The Hall–Kier alpha value is -1.64. The minimum Gasteiger partial charge on any atom is -0.356 e. The van der Waals surface area contributed by atoms with Crippen LogP contribution in [0.5, 0.6) is 0 Å². The summed E-state index contributed by atoms with van der Waals surface area (Å²) in [6, 6.07) is 8.51. The van der Waals surface area contributed by atoms with Gasteiger partial charge in [0.2, 0.25) is 0 Å². The van der Waals surface area contributed by atoms with Crippen molar-refractivity contribution in [2.24, 2.45) is 4.99 Å². The van der Waals surface area contributed by atoms with E-state index in [9.17, 15) is 0 Å². The van der Waals surface area contributed by atoms with Gasteiger partial charge < -0.3 is 15.2 Å². The summed E-state index contributed by atoms with van der Waals surface area (Å²) in [4.78, 5) is 4.28. The van der Waals surface area contributed by atoms with Crippen LogP contribution in [-0.4, -0.2) is 34.3 Å². The molecule has 0 unspecified atom stereocenters. The minimum atomic E-state index is 0. The highest BCUT2D eigenvalue weighted by Gasteiger charge is 2.01. The minimum absolute atomic E-state index is 0. The number of aryl methyl sites for hydroxylation is 2. The Morgan fingerprint density at radius 2 is 1.79 bits per heavy atom. The highest BCUT2D eigenvalue weighted by Crippen LogP contribution is 2.08. The predicted octanol–water partition coefficient (Wildman–Crippen LogP) is 2.60. The van der Waals surface area contributed by atoms with Crippen LogP contribution in [0.2, 0.25) is 0 Å². The van der Waals surface area contributed by atoms with E-state index in [4.69, 9.17) is 0 Å². The van der Waals surface area contributed by atoms with Crippen molar-refractivity contribution in [1.29, 1.82) is 0 Å². The summed E-state index contributed by atoms with van der Waals surface area (Å²) >= 11 is 0. The van der Waals surface area contributed by atoms with Gasteiger partial charge in [0.25, 0.3) is 0 Å². The van der Waals surface area contributed by atoms with Crippen LogP contribution >= 0.6 is 24.0 Å². The monoisotopic (exact) mass is 442 g/mol. The first-order chi connectivity index (χ1) is 11.3. The molecule has 0 saturated carbocycles. The Morgan fingerprint density at radius 3 is 2.46 bits per heavy atom. The number of nitrogens with one attached hydrogen (secondary N) is 2. The molecule has 132 valence electrons. The zero-order chi connectivity index (χ0) is 16.3. The lowest BCUT2D eigenvalue weighted by atomic mass is 10.1. The van der Waals surface area contributed by atoms with E-state index < -0.39 is 0 Å². The van der Waals surface area contributed by atoms with E-state index in [1.165, 1.54) is 11.1 Å². The first-order valence-electron chi connectivity index (χ1n) is 8.17. The number of guanidine groups is 1. The maximum absolute atomic E-state index is 4.28. The van der Waals surface area contributed by atoms with Crippen LogP contribution in [0, 0.1) is 0 Å². The van der Waals surface area contributed by atoms with Gasteiger partial charge in [0.15, 0.2) is 5.96 Å². The molecular weight excluding hydrogens is 415 g/mol. The van der Waals surface area contributed by atoms with Gasteiger partial charge >= 0.3 is 0 Å². The van der Waals surface area contributed by atoms with E-state index in [-0.39, 0.29) is 24.0 Å². The molecule has 7 heteroatoms. The molecule has 1 heterocycles. The summed E-state index contributed by atoms with van der Waals surface area (Å²) in [6.45, 7) is 4.83. The first-order valence-corrected chi connectivity index (χ1v) is 8.17. The zero-order valence-corrected chi connectivity index (χ0v) is 16.7. The molecular formula is C17H27IN6. The quantitative estimate of drug-likeness (QED) is 0.286. The fraction of sp³-hybridized carbons (Fsp3) is 0.471. The van der Waals surface area contributed by atoms with Crippen LogP contribution in [0.1, 0.15) is 30.9 Å². The number of rotatable bonds is 8. The third kappa shape index (κ3) is 6.86. The molecule has 6 nitrogen and oxygen atoms in total. The van der Waals surface area contributed by atoms with Crippen molar-refractivity contribution in [3.05, 3.63) is 48.0 Å². The molecule has 0 amide bonds. The van der Waals surface area contributed by atoms with Crippen molar-refractivity contribution in [2.45, 2.75) is 39.3 Å². The van der Waals surface area contributed by atoms with Crippen molar-refractivity contribution in [2.75, 3.05) is 13.6 Å². The second-order valence-corrected chi connectivity index (χ2v) is 5.38. The molecule has 0 saturated heterocycles. The largest absolute Gasteiger partial charge is 0.356 e. The van der Waals surface area contributed by atoms with Crippen LogP contribution < -0.4 is 10.6 Å². The molecule has 0 aliphatic rings. The normalized spacial score (nSPS) is 11.0. The molecule has 1 aromatic heterocycles. The van der Waals surface area contributed by atoms with Gasteiger partial charge in [-0.15, -0.1) is 34.2 Å². The van der Waals surface area contributed by atoms with Gasteiger partial charge in [-0.3, -0.25) is 4.99 Å². The highest BCUT2D eigenvalue weighted by atomic mass is 127. The number of benzene rings is 1. The average molecular weight is 442 g/mol. The lowest BCUT2D eigenvalue weighted by molar-refractivity contribution is 0.597. The summed E-state index contributed by atoms with van der Waals surface area (Å²) < 4.78 is 1.99. The van der Waals surface area contributed by atoms with Crippen LogP contribution in [0.3, 0.4) is 0 Å². The summed E-state index contributed by atoms with van der Waals surface area (Å²) in [5, 5.41) is 14.3. The van der Waals surface area contributed by atoms with Crippen LogP contribution in [0.25, 0.3) is 0 Å². The number of halogens is 1. The molecule has 1 aromatic carbocycles. The molecule has 0 aliphatic carbocycles. The molecule has 0 fully saturated rings. The summed E-state index contributed by atoms with van der Waals surface area (Å²) in [6.07, 6.45) is 6.70. The van der Waals surface area contributed by atoms with Gasteiger partial charge in [0.1, 0.15) is 12.7 Å². The third-order valence-corrected chi connectivity index (χ3v) is 3.77. The number of aliphatic imine (C=N–C) groups is 1. The number of unbranched alkanes of at least 4 members (excludes halogenated alkanes) is 1. The Morgan fingerprint density at radius 1 is 1.08 bits per heavy atom. The van der Waals surface area contributed by atoms with Gasteiger partial charge in [-0.25, -0.2) is 0 Å². The van der Waals surface area contributed by atoms with E-state index >= 15 is 0 Å². The fourth-order valence-corrected chi connectivity index (χ4v) is 2.44. The molecule has 0 radical (unpaired) electrons. The number of hydrogen-bond acceptors (Lipinski definition) is 3. The maximum Gasteiger partial charge on any atom is 0.191 e. The standard InChI is InChI=1S/C17H26N6.HI/c1-3-15-8-4-5-9-16(15)12-20-17(18-2)19-10-6-7-11-23-13-21-22-14-23;/h4-5,8-9,13-14H,3,6-7,10-12H2,1-2H3,(H2,18,19,20);1H. The summed E-state index contributed by atoms with van der Waals surface area (Å²) in [5.41, 5.74) is 2.70. The fourth-order valence-electron chi connectivity index (χ4n) is 2.44. The van der Waals surface area contributed by atoms with Gasteiger partial charge in [0, 0.05) is 26.7 Å². The molecule has 24 heavy (non-hydrogen) atoms. The highest BCUT2D eigenvalue weighted by molar-refractivity contribution is 14.0. The van der Waals surface area contributed by atoms with Gasteiger partial charge in [-0.1, -0.05) is 31.2 Å². The molecule has 0 spiro atoms. The van der Waals surface area contributed by atoms with Crippen molar-refractivity contribution in [1.82, 2.24) is 25.4 Å². The Balaban J connectivity index is 0.00000288. The van der Waals surface area contributed by atoms with E-state index in [0.29, 0.717) is 0 Å². The molecule has 0 atom stereocenters. The Labute approximate surface area is 161 Å². The molecule has 0 bridgehead atoms. The number of nitrogens with zero attached hydrogens (tertiary/aromatic N) is 4. The lowest BCUT2D eigenvalue weighted by Gasteiger charge is -2.13. The van der Waals surface area contributed by atoms with Crippen LogP contribution in [0.15, 0.2) is 41.9 Å².